The zero-order chi connectivity index (χ0) is 13.0. The minimum atomic E-state index is -0.0574. The standard InChI is InChI=1S/C13H11BrN2O2/c1-18-13-7-11(15-8-16-13)12(17)6-9-2-4-10(14)5-3-9/h2-5,7-8H,6H2,1H3. The summed E-state index contributed by atoms with van der Waals surface area (Å²) in [5, 5.41) is 0. The lowest BCUT2D eigenvalue weighted by Crippen LogP contribution is -2.06. The molecule has 18 heavy (non-hydrogen) atoms. The maximum atomic E-state index is 12.0. The molecule has 2 rings (SSSR count). The summed E-state index contributed by atoms with van der Waals surface area (Å²) in [5.74, 6) is 0.335. The highest BCUT2D eigenvalue weighted by molar-refractivity contribution is 9.10. The summed E-state index contributed by atoms with van der Waals surface area (Å²) in [6, 6.07) is 9.16. The number of hydrogen-bond acceptors (Lipinski definition) is 4. The number of rotatable bonds is 4. The Morgan fingerprint density at radius 2 is 2.00 bits per heavy atom. The average Bonchev–Trinajstić information content (AvgIpc) is 2.41. The normalized spacial score (nSPS) is 10.1. The van der Waals surface area contributed by atoms with Crippen molar-refractivity contribution in [2.45, 2.75) is 6.42 Å². The average molecular weight is 307 g/mol. The van der Waals surface area contributed by atoms with Crippen molar-refractivity contribution in [2.24, 2.45) is 0 Å². The molecule has 4 nitrogen and oxygen atoms in total. The summed E-state index contributed by atoms with van der Waals surface area (Å²) >= 11 is 3.35. The molecule has 5 heteroatoms. The van der Waals surface area contributed by atoms with Crippen molar-refractivity contribution in [1.29, 1.82) is 0 Å². The second kappa shape index (κ2) is 5.73. The highest BCUT2D eigenvalue weighted by Gasteiger charge is 2.10. The Morgan fingerprint density at radius 3 is 2.67 bits per heavy atom. The molecule has 0 amide bonds. The van der Waals surface area contributed by atoms with E-state index in [1.165, 1.54) is 13.4 Å². The summed E-state index contributed by atoms with van der Waals surface area (Å²) in [6.07, 6.45) is 1.64. The number of hydrogen-bond donors (Lipinski definition) is 0. The Labute approximate surface area is 113 Å². The molecule has 0 radical (unpaired) electrons. The minimum Gasteiger partial charge on any atom is -0.481 e. The fourth-order valence-corrected chi connectivity index (χ4v) is 1.75. The van der Waals surface area contributed by atoms with Crippen molar-refractivity contribution in [2.75, 3.05) is 7.11 Å². The number of ketones is 1. The molecule has 2 aromatic rings. The maximum absolute atomic E-state index is 12.0. The van der Waals surface area contributed by atoms with E-state index in [1.54, 1.807) is 6.07 Å². The number of ether oxygens (including phenoxy) is 1. The van der Waals surface area contributed by atoms with Gasteiger partial charge >= 0.3 is 0 Å². The minimum absolute atomic E-state index is 0.0574. The summed E-state index contributed by atoms with van der Waals surface area (Å²) in [6.45, 7) is 0. The molecule has 0 fully saturated rings. The molecule has 0 saturated heterocycles. The van der Waals surface area contributed by atoms with Crippen LogP contribution in [0.4, 0.5) is 0 Å². The van der Waals surface area contributed by atoms with E-state index in [-0.39, 0.29) is 5.78 Å². The molecule has 1 heterocycles. The van der Waals surface area contributed by atoms with Crippen molar-refractivity contribution >= 4 is 21.7 Å². The van der Waals surface area contributed by atoms with E-state index in [4.69, 9.17) is 4.74 Å². The van der Waals surface area contributed by atoms with E-state index in [1.807, 2.05) is 24.3 Å². The molecule has 0 aliphatic heterocycles. The molecule has 0 N–H and O–H groups in total. The largest absolute Gasteiger partial charge is 0.481 e. The Hall–Kier alpha value is -1.75. The lowest BCUT2D eigenvalue weighted by atomic mass is 10.1. The molecule has 1 aromatic carbocycles. The molecule has 0 aliphatic carbocycles. The summed E-state index contributed by atoms with van der Waals surface area (Å²) in [7, 11) is 1.51. The van der Waals surface area contributed by atoms with Crippen LogP contribution < -0.4 is 4.74 Å². The zero-order valence-electron chi connectivity index (χ0n) is 9.76. The van der Waals surface area contributed by atoms with Gasteiger partial charge in [-0.25, -0.2) is 9.97 Å². The first kappa shape index (κ1) is 12.7. The highest BCUT2D eigenvalue weighted by Crippen LogP contribution is 2.13. The molecule has 0 unspecified atom stereocenters. The van der Waals surface area contributed by atoms with Gasteiger partial charge < -0.3 is 4.74 Å². The second-order valence-corrected chi connectivity index (χ2v) is 4.59. The zero-order valence-corrected chi connectivity index (χ0v) is 11.3. The fraction of sp³-hybridized carbons (Fsp3) is 0.154. The molecule has 0 aliphatic rings. The number of aromatic nitrogens is 2. The maximum Gasteiger partial charge on any atom is 0.216 e. The third kappa shape index (κ3) is 3.13. The Bertz CT molecular complexity index is 555. The molecule has 0 atom stereocenters. The molecule has 92 valence electrons. The summed E-state index contributed by atoms with van der Waals surface area (Å²) < 4.78 is 5.95. The predicted octanol–water partition coefficient (Wildman–Crippen LogP) is 2.67. The molecule has 0 bridgehead atoms. The summed E-state index contributed by atoms with van der Waals surface area (Å²) in [5.41, 5.74) is 1.31. The lowest BCUT2D eigenvalue weighted by molar-refractivity contribution is 0.0987. The second-order valence-electron chi connectivity index (χ2n) is 3.67. The Morgan fingerprint density at radius 1 is 1.28 bits per heavy atom. The number of methoxy groups -OCH3 is 1. The van der Waals surface area contributed by atoms with Gasteiger partial charge in [-0.1, -0.05) is 28.1 Å². The molecule has 0 saturated carbocycles. The quantitative estimate of drug-likeness (QED) is 0.815. The number of carbonyl (C=O) groups is 1. The molecule has 0 spiro atoms. The van der Waals surface area contributed by atoms with E-state index in [2.05, 4.69) is 25.9 Å². The van der Waals surface area contributed by atoms with Gasteiger partial charge in [-0.3, -0.25) is 4.79 Å². The van der Waals surface area contributed by atoms with Crippen LogP contribution >= 0.6 is 15.9 Å². The number of benzene rings is 1. The molecular weight excluding hydrogens is 296 g/mol. The van der Waals surface area contributed by atoms with Crippen LogP contribution in [0.2, 0.25) is 0 Å². The van der Waals surface area contributed by atoms with Crippen LogP contribution in [0.5, 0.6) is 5.88 Å². The van der Waals surface area contributed by atoms with Crippen LogP contribution in [0.3, 0.4) is 0 Å². The van der Waals surface area contributed by atoms with Crippen molar-refractivity contribution in [3.63, 3.8) is 0 Å². The lowest BCUT2D eigenvalue weighted by Gasteiger charge is -2.02. The van der Waals surface area contributed by atoms with Crippen molar-refractivity contribution in [1.82, 2.24) is 9.97 Å². The van der Waals surface area contributed by atoms with Crippen LogP contribution in [-0.4, -0.2) is 22.9 Å². The number of Topliss-reactive ketones (excluding diaryl/α,β-unsaturated/α-hetero) is 1. The third-order valence-electron chi connectivity index (χ3n) is 2.41. The Kier molecular flexibility index (Phi) is 4.04. The van der Waals surface area contributed by atoms with Gasteiger partial charge in [0.05, 0.1) is 7.11 Å². The highest BCUT2D eigenvalue weighted by atomic mass is 79.9. The third-order valence-corrected chi connectivity index (χ3v) is 2.94. The van der Waals surface area contributed by atoms with E-state index in [9.17, 15) is 4.79 Å². The van der Waals surface area contributed by atoms with Crippen LogP contribution in [0.15, 0.2) is 41.1 Å². The van der Waals surface area contributed by atoms with E-state index in [0.29, 0.717) is 18.0 Å². The van der Waals surface area contributed by atoms with Gasteiger partial charge in [-0.15, -0.1) is 0 Å². The SMILES string of the molecule is COc1cc(C(=O)Cc2ccc(Br)cc2)ncn1. The molecular formula is C13H11BrN2O2. The van der Waals surface area contributed by atoms with Gasteiger partial charge in [0, 0.05) is 17.0 Å². The van der Waals surface area contributed by atoms with Crippen molar-refractivity contribution in [3.8, 4) is 5.88 Å². The van der Waals surface area contributed by atoms with Gasteiger partial charge in [0.2, 0.25) is 5.88 Å². The monoisotopic (exact) mass is 306 g/mol. The van der Waals surface area contributed by atoms with Gasteiger partial charge in [-0.05, 0) is 17.7 Å². The van der Waals surface area contributed by atoms with Crippen molar-refractivity contribution < 1.29 is 9.53 Å². The van der Waals surface area contributed by atoms with Crippen LogP contribution in [0.25, 0.3) is 0 Å². The van der Waals surface area contributed by atoms with Gasteiger partial charge in [-0.2, -0.15) is 0 Å². The first-order valence-electron chi connectivity index (χ1n) is 5.32. The number of nitrogens with zero attached hydrogens (tertiary/aromatic N) is 2. The van der Waals surface area contributed by atoms with Crippen LogP contribution in [0, 0.1) is 0 Å². The smallest absolute Gasteiger partial charge is 0.216 e. The predicted molar refractivity (Wildman–Crippen MR) is 70.8 cm³/mol. The van der Waals surface area contributed by atoms with Gasteiger partial charge in [0.15, 0.2) is 5.78 Å². The fourth-order valence-electron chi connectivity index (χ4n) is 1.48. The molecule has 1 aromatic heterocycles. The van der Waals surface area contributed by atoms with E-state index in [0.717, 1.165) is 10.0 Å². The van der Waals surface area contributed by atoms with E-state index >= 15 is 0 Å². The van der Waals surface area contributed by atoms with Gasteiger partial charge in [0.25, 0.3) is 0 Å². The van der Waals surface area contributed by atoms with Gasteiger partial charge in [0.1, 0.15) is 12.0 Å². The Balaban J connectivity index is 2.14. The van der Waals surface area contributed by atoms with Crippen LogP contribution in [-0.2, 0) is 6.42 Å². The first-order valence-corrected chi connectivity index (χ1v) is 6.12. The number of carbonyl (C=O) groups excluding carboxylic acids is 1. The topological polar surface area (TPSA) is 52.1 Å². The number of halogens is 1. The van der Waals surface area contributed by atoms with E-state index < -0.39 is 0 Å². The first-order chi connectivity index (χ1) is 8.69. The summed E-state index contributed by atoms with van der Waals surface area (Å²) in [4.78, 5) is 19.8. The van der Waals surface area contributed by atoms with Crippen molar-refractivity contribution in [3.05, 3.63) is 52.4 Å². The van der Waals surface area contributed by atoms with Crippen LogP contribution in [0.1, 0.15) is 16.1 Å².